The van der Waals surface area contributed by atoms with E-state index in [0.717, 1.165) is 6.42 Å². The number of aromatic nitrogens is 3. The first-order valence-corrected chi connectivity index (χ1v) is 6.13. The van der Waals surface area contributed by atoms with Crippen LogP contribution in [0.5, 0.6) is 0 Å². The topological polar surface area (TPSA) is 56.7 Å². The van der Waals surface area contributed by atoms with E-state index >= 15 is 0 Å². The minimum atomic E-state index is -2.52. The van der Waals surface area contributed by atoms with E-state index in [-0.39, 0.29) is 5.69 Å². The molecule has 0 unspecified atom stereocenters. The van der Waals surface area contributed by atoms with Crippen molar-refractivity contribution in [3.8, 4) is 0 Å². The standard InChI is InChI=1S/C11H18F2N4/c12-11(13)10-9(4-6-14)15-16-17(10)7-5-8-2-1-3-8/h8,11H,1-7,14H2. The Labute approximate surface area is 99.2 Å². The summed E-state index contributed by atoms with van der Waals surface area (Å²) < 4.78 is 27.2. The maximum Gasteiger partial charge on any atom is 0.281 e. The zero-order valence-electron chi connectivity index (χ0n) is 9.78. The third-order valence-electron chi connectivity index (χ3n) is 3.41. The van der Waals surface area contributed by atoms with Gasteiger partial charge in [-0.3, -0.25) is 0 Å². The minimum Gasteiger partial charge on any atom is -0.330 e. The summed E-state index contributed by atoms with van der Waals surface area (Å²) in [7, 11) is 0. The van der Waals surface area contributed by atoms with Gasteiger partial charge in [-0.15, -0.1) is 5.10 Å². The lowest BCUT2D eigenvalue weighted by atomic mass is 9.83. The van der Waals surface area contributed by atoms with Crippen LogP contribution in [0, 0.1) is 5.92 Å². The van der Waals surface area contributed by atoms with Gasteiger partial charge in [0.05, 0.1) is 5.69 Å². The van der Waals surface area contributed by atoms with Crippen LogP contribution in [0.25, 0.3) is 0 Å². The van der Waals surface area contributed by atoms with Gasteiger partial charge in [-0.25, -0.2) is 13.5 Å². The molecule has 1 aliphatic rings. The van der Waals surface area contributed by atoms with Crippen LogP contribution < -0.4 is 5.73 Å². The molecule has 0 spiro atoms. The molecule has 96 valence electrons. The van der Waals surface area contributed by atoms with E-state index in [1.54, 1.807) is 0 Å². The highest BCUT2D eigenvalue weighted by Gasteiger charge is 2.23. The van der Waals surface area contributed by atoms with E-state index in [2.05, 4.69) is 10.3 Å². The Morgan fingerprint density at radius 1 is 1.41 bits per heavy atom. The summed E-state index contributed by atoms with van der Waals surface area (Å²) in [4.78, 5) is 0. The molecule has 1 fully saturated rings. The molecule has 1 aliphatic carbocycles. The van der Waals surface area contributed by atoms with Crippen LogP contribution in [0.1, 0.15) is 43.5 Å². The normalized spacial score (nSPS) is 16.5. The zero-order valence-corrected chi connectivity index (χ0v) is 9.78. The van der Waals surface area contributed by atoms with E-state index in [1.165, 1.54) is 23.9 Å². The molecule has 2 N–H and O–H groups in total. The molecule has 0 atom stereocenters. The molecule has 0 amide bonds. The second-order valence-electron chi connectivity index (χ2n) is 4.57. The number of aryl methyl sites for hydroxylation is 1. The van der Waals surface area contributed by atoms with Crippen LogP contribution in [0.15, 0.2) is 0 Å². The molecule has 1 aromatic rings. The third kappa shape index (κ3) is 2.80. The molecule has 0 radical (unpaired) electrons. The summed E-state index contributed by atoms with van der Waals surface area (Å²) in [6.45, 7) is 0.864. The Hall–Kier alpha value is -1.04. The summed E-state index contributed by atoms with van der Waals surface area (Å²) in [5.74, 6) is 0.683. The third-order valence-corrected chi connectivity index (χ3v) is 3.41. The molecule has 1 saturated carbocycles. The van der Waals surface area contributed by atoms with Gasteiger partial charge in [0.1, 0.15) is 5.69 Å². The van der Waals surface area contributed by atoms with Crippen LogP contribution in [0.2, 0.25) is 0 Å². The molecular formula is C11H18F2N4. The lowest BCUT2D eigenvalue weighted by Crippen LogP contribution is -2.16. The summed E-state index contributed by atoms with van der Waals surface area (Å²) >= 11 is 0. The summed E-state index contributed by atoms with van der Waals surface area (Å²) in [6, 6.07) is 0. The average Bonchev–Trinajstić information content (AvgIpc) is 2.59. The molecular weight excluding hydrogens is 226 g/mol. The van der Waals surface area contributed by atoms with Gasteiger partial charge in [-0.2, -0.15) is 0 Å². The highest BCUT2D eigenvalue weighted by molar-refractivity contribution is 5.12. The van der Waals surface area contributed by atoms with Gasteiger partial charge in [0.15, 0.2) is 0 Å². The van der Waals surface area contributed by atoms with Crippen LogP contribution in [-0.2, 0) is 13.0 Å². The Bertz CT molecular complexity index is 360. The first-order chi connectivity index (χ1) is 8.22. The molecule has 0 bridgehead atoms. The van der Waals surface area contributed by atoms with E-state index in [9.17, 15) is 8.78 Å². The van der Waals surface area contributed by atoms with Crippen molar-refractivity contribution in [1.82, 2.24) is 15.0 Å². The molecule has 1 heterocycles. The summed E-state index contributed by atoms with van der Waals surface area (Å²) in [5, 5.41) is 7.62. The number of hydrogen-bond acceptors (Lipinski definition) is 3. The number of alkyl halides is 2. The Balaban J connectivity index is 2.03. The Morgan fingerprint density at radius 3 is 2.71 bits per heavy atom. The highest BCUT2D eigenvalue weighted by Crippen LogP contribution is 2.30. The second-order valence-corrected chi connectivity index (χ2v) is 4.57. The van der Waals surface area contributed by atoms with Crippen molar-refractivity contribution in [2.75, 3.05) is 6.54 Å². The van der Waals surface area contributed by atoms with Crippen LogP contribution in [-0.4, -0.2) is 21.5 Å². The summed E-state index contributed by atoms with van der Waals surface area (Å²) in [6.07, 6.45) is 2.46. The number of nitrogens with two attached hydrogens (primary N) is 1. The van der Waals surface area contributed by atoms with Crippen molar-refractivity contribution in [2.24, 2.45) is 11.7 Å². The van der Waals surface area contributed by atoms with E-state index in [1.807, 2.05) is 0 Å². The highest BCUT2D eigenvalue weighted by atomic mass is 19.3. The SMILES string of the molecule is NCCc1nnn(CCC2CCC2)c1C(F)F. The van der Waals surface area contributed by atoms with Gasteiger partial charge in [0, 0.05) is 13.0 Å². The second kappa shape index (κ2) is 5.53. The Morgan fingerprint density at radius 2 is 2.18 bits per heavy atom. The number of hydrogen-bond donors (Lipinski definition) is 1. The Kier molecular flexibility index (Phi) is 4.04. The van der Waals surface area contributed by atoms with Crippen molar-refractivity contribution in [1.29, 1.82) is 0 Å². The van der Waals surface area contributed by atoms with E-state index in [4.69, 9.17) is 5.73 Å². The molecule has 0 aliphatic heterocycles. The fraction of sp³-hybridized carbons (Fsp3) is 0.818. The molecule has 0 aromatic carbocycles. The van der Waals surface area contributed by atoms with E-state index < -0.39 is 6.43 Å². The van der Waals surface area contributed by atoms with Gasteiger partial charge < -0.3 is 5.73 Å². The molecule has 0 saturated heterocycles. The van der Waals surface area contributed by atoms with E-state index in [0.29, 0.717) is 31.1 Å². The fourth-order valence-corrected chi connectivity index (χ4v) is 2.16. The first kappa shape index (κ1) is 12.4. The predicted molar refractivity (Wildman–Crippen MR) is 59.7 cm³/mol. The van der Waals surface area contributed by atoms with Gasteiger partial charge in [-0.05, 0) is 18.9 Å². The van der Waals surface area contributed by atoms with Gasteiger partial charge in [-0.1, -0.05) is 24.5 Å². The monoisotopic (exact) mass is 244 g/mol. The van der Waals surface area contributed by atoms with Crippen molar-refractivity contribution in [2.45, 2.75) is 45.1 Å². The summed E-state index contributed by atoms with van der Waals surface area (Å²) in [5.41, 5.74) is 5.67. The lowest BCUT2D eigenvalue weighted by Gasteiger charge is -2.25. The minimum absolute atomic E-state index is 0.0465. The number of halogens is 2. The fourth-order valence-electron chi connectivity index (χ4n) is 2.16. The van der Waals surface area contributed by atoms with Crippen molar-refractivity contribution >= 4 is 0 Å². The smallest absolute Gasteiger partial charge is 0.281 e. The van der Waals surface area contributed by atoms with Gasteiger partial charge >= 0.3 is 0 Å². The van der Waals surface area contributed by atoms with Crippen LogP contribution in [0.4, 0.5) is 8.78 Å². The quantitative estimate of drug-likeness (QED) is 0.831. The van der Waals surface area contributed by atoms with Crippen molar-refractivity contribution < 1.29 is 8.78 Å². The van der Waals surface area contributed by atoms with Gasteiger partial charge in [0.25, 0.3) is 6.43 Å². The largest absolute Gasteiger partial charge is 0.330 e. The molecule has 17 heavy (non-hydrogen) atoms. The van der Waals surface area contributed by atoms with Crippen LogP contribution in [0.3, 0.4) is 0 Å². The van der Waals surface area contributed by atoms with Crippen molar-refractivity contribution in [3.05, 3.63) is 11.4 Å². The lowest BCUT2D eigenvalue weighted by molar-refractivity contribution is 0.136. The zero-order chi connectivity index (χ0) is 12.3. The number of rotatable bonds is 6. The molecule has 4 nitrogen and oxygen atoms in total. The average molecular weight is 244 g/mol. The maximum atomic E-state index is 12.9. The first-order valence-electron chi connectivity index (χ1n) is 6.13. The molecule has 1 aromatic heterocycles. The van der Waals surface area contributed by atoms with Crippen molar-refractivity contribution in [3.63, 3.8) is 0 Å². The van der Waals surface area contributed by atoms with Gasteiger partial charge in [0.2, 0.25) is 0 Å². The molecule has 2 rings (SSSR count). The van der Waals surface area contributed by atoms with Crippen LogP contribution >= 0.6 is 0 Å². The maximum absolute atomic E-state index is 12.9. The molecule has 6 heteroatoms. The number of nitrogens with zero attached hydrogens (tertiary/aromatic N) is 3. The predicted octanol–water partition coefficient (Wildman–Crippen LogP) is 1.91.